The largest absolute Gasteiger partial charge is 0.392 e. The molecule has 4 rings (SSSR count). The number of hydrogen-bond acceptors (Lipinski definition) is 5. The van der Waals surface area contributed by atoms with Gasteiger partial charge in [-0.1, -0.05) is 32.6 Å². The summed E-state index contributed by atoms with van der Waals surface area (Å²) in [7, 11) is 0. The minimum absolute atomic E-state index is 0.0958. The van der Waals surface area contributed by atoms with E-state index in [4.69, 9.17) is 5.73 Å². The fraction of sp³-hybridized carbons (Fsp3) is 0.905. The average molecular weight is 380 g/mol. The molecule has 4 aliphatic rings. The Morgan fingerprint density at radius 1 is 0.923 bits per heavy atom. The van der Waals surface area contributed by atoms with Gasteiger partial charge in [-0.05, 0) is 38.0 Å². The summed E-state index contributed by atoms with van der Waals surface area (Å²) in [6.45, 7) is 2.31. The molecule has 0 bridgehead atoms. The van der Waals surface area contributed by atoms with Crippen molar-refractivity contribution in [3.63, 3.8) is 0 Å². The number of fused-ring (bicyclic) bond motifs is 2. The molecule has 3 N–H and O–H groups in total. The zero-order valence-electron chi connectivity index (χ0n) is 15.8. The first kappa shape index (κ1) is 18.9. The van der Waals surface area contributed by atoms with Gasteiger partial charge < -0.3 is 10.8 Å². The predicted molar refractivity (Wildman–Crippen MR) is 104 cm³/mol. The topological polar surface area (TPSA) is 80.4 Å². The van der Waals surface area contributed by atoms with Crippen molar-refractivity contribution in [1.82, 2.24) is 0 Å². The van der Waals surface area contributed by atoms with Gasteiger partial charge in [-0.2, -0.15) is 11.8 Å². The van der Waals surface area contributed by atoms with Gasteiger partial charge in [0.05, 0.1) is 12.0 Å². The molecule has 4 nitrogen and oxygen atoms in total. The van der Waals surface area contributed by atoms with Crippen LogP contribution in [-0.4, -0.2) is 39.3 Å². The van der Waals surface area contributed by atoms with Crippen LogP contribution in [0.3, 0.4) is 0 Å². The van der Waals surface area contributed by atoms with Gasteiger partial charge in [-0.15, -0.1) is 0 Å². The second kappa shape index (κ2) is 7.56. The number of hydrogen-bond donors (Lipinski definition) is 2. The summed E-state index contributed by atoms with van der Waals surface area (Å²) in [6, 6.07) is -0.287. The van der Waals surface area contributed by atoms with E-state index < -0.39 is 17.9 Å². The van der Waals surface area contributed by atoms with Gasteiger partial charge in [0.1, 0.15) is 11.6 Å². The number of rotatable bonds is 2. The molecular weight excluding hydrogens is 346 g/mol. The van der Waals surface area contributed by atoms with E-state index >= 15 is 0 Å². The molecular formula is C21H33NO3S. The SMILES string of the molecule is CC1CCCC(SC2CC(O)C3C(=O)C4CCCCC4C(=O)C3C2N)C1. The minimum atomic E-state index is -0.697. The Morgan fingerprint density at radius 3 is 2.23 bits per heavy atom. The number of Topliss-reactive ketones (excluding diaryl/α,β-unsaturated/α-hetero) is 2. The summed E-state index contributed by atoms with van der Waals surface area (Å²) >= 11 is 1.90. The van der Waals surface area contributed by atoms with Gasteiger partial charge in [-0.25, -0.2) is 0 Å². The highest BCUT2D eigenvalue weighted by atomic mass is 32.2. The van der Waals surface area contributed by atoms with Crippen molar-refractivity contribution in [2.24, 2.45) is 35.3 Å². The number of aliphatic hydroxyl groups excluding tert-OH is 1. The number of thioether (sulfide) groups is 1. The Kier molecular flexibility index (Phi) is 5.51. The van der Waals surface area contributed by atoms with Crippen LogP contribution in [0.5, 0.6) is 0 Å². The van der Waals surface area contributed by atoms with E-state index in [1.807, 2.05) is 11.8 Å². The number of ketones is 2. The molecule has 4 fully saturated rings. The van der Waals surface area contributed by atoms with E-state index in [-0.39, 0.29) is 34.7 Å². The van der Waals surface area contributed by atoms with Crippen molar-refractivity contribution in [2.45, 2.75) is 87.4 Å². The van der Waals surface area contributed by atoms with E-state index in [2.05, 4.69) is 6.92 Å². The molecule has 0 aliphatic heterocycles. The van der Waals surface area contributed by atoms with E-state index in [0.29, 0.717) is 11.7 Å². The van der Waals surface area contributed by atoms with Crippen molar-refractivity contribution in [3.8, 4) is 0 Å². The standard InChI is InChI=1S/C21H33NO3S/c1-11-5-4-6-12(9-11)26-16-10-15(23)17-18(19(16)22)21(25)14-8-3-2-7-13(14)20(17)24/h11-19,23H,2-10,22H2,1H3. The van der Waals surface area contributed by atoms with Crippen molar-refractivity contribution >= 4 is 23.3 Å². The van der Waals surface area contributed by atoms with Crippen LogP contribution >= 0.6 is 11.8 Å². The highest BCUT2D eigenvalue weighted by Crippen LogP contribution is 2.49. The molecule has 9 unspecified atom stereocenters. The number of carbonyl (C=O) groups is 2. The predicted octanol–water partition coefficient (Wildman–Crippen LogP) is 2.95. The quantitative estimate of drug-likeness (QED) is 0.771. The average Bonchev–Trinajstić information content (AvgIpc) is 2.62. The second-order valence-electron chi connectivity index (χ2n) is 9.30. The van der Waals surface area contributed by atoms with Crippen LogP contribution < -0.4 is 5.73 Å². The van der Waals surface area contributed by atoms with E-state index in [9.17, 15) is 14.7 Å². The van der Waals surface area contributed by atoms with Crippen molar-refractivity contribution < 1.29 is 14.7 Å². The first-order valence-corrected chi connectivity index (χ1v) is 11.6. The number of carbonyl (C=O) groups excluding carboxylic acids is 2. The summed E-state index contributed by atoms with van der Waals surface area (Å²) in [5.74, 6) is -0.204. The molecule has 0 spiro atoms. The van der Waals surface area contributed by atoms with Gasteiger partial charge in [-0.3, -0.25) is 9.59 Å². The molecule has 5 heteroatoms. The Morgan fingerprint density at radius 2 is 1.58 bits per heavy atom. The summed E-state index contributed by atoms with van der Waals surface area (Å²) in [5, 5.41) is 11.5. The van der Waals surface area contributed by atoms with Crippen LogP contribution in [0.15, 0.2) is 0 Å². The second-order valence-corrected chi connectivity index (χ2v) is 10.8. The third-order valence-electron chi connectivity index (χ3n) is 7.53. The van der Waals surface area contributed by atoms with Crippen LogP contribution in [0.1, 0.15) is 64.7 Å². The summed E-state index contributed by atoms with van der Waals surface area (Å²) < 4.78 is 0. The molecule has 0 amide bonds. The molecule has 0 aromatic rings. The van der Waals surface area contributed by atoms with Crippen LogP contribution in [0.2, 0.25) is 0 Å². The Labute approximate surface area is 161 Å². The fourth-order valence-corrected chi connectivity index (χ4v) is 8.08. The lowest BCUT2D eigenvalue weighted by Gasteiger charge is -2.50. The molecule has 0 aromatic heterocycles. The lowest BCUT2D eigenvalue weighted by atomic mass is 9.56. The van der Waals surface area contributed by atoms with Crippen LogP contribution in [0.4, 0.5) is 0 Å². The molecule has 26 heavy (non-hydrogen) atoms. The Bertz CT molecular complexity index is 567. The van der Waals surface area contributed by atoms with Gasteiger partial charge >= 0.3 is 0 Å². The Balaban J connectivity index is 1.52. The number of aliphatic hydroxyl groups is 1. The van der Waals surface area contributed by atoms with Crippen molar-refractivity contribution in [1.29, 1.82) is 0 Å². The van der Waals surface area contributed by atoms with E-state index in [1.54, 1.807) is 0 Å². The summed E-state index contributed by atoms with van der Waals surface area (Å²) in [6.07, 6.45) is 8.55. The van der Waals surface area contributed by atoms with Gasteiger partial charge in [0.2, 0.25) is 0 Å². The number of nitrogens with two attached hydrogens (primary N) is 1. The fourth-order valence-electron chi connectivity index (χ4n) is 6.19. The van der Waals surface area contributed by atoms with Gasteiger partial charge in [0.25, 0.3) is 0 Å². The summed E-state index contributed by atoms with van der Waals surface area (Å²) in [5.41, 5.74) is 6.62. The molecule has 146 valence electrons. The Hall–Kier alpha value is -0.390. The zero-order valence-corrected chi connectivity index (χ0v) is 16.6. The molecule has 9 atom stereocenters. The maximum absolute atomic E-state index is 13.2. The third kappa shape index (κ3) is 3.29. The summed E-state index contributed by atoms with van der Waals surface area (Å²) in [4.78, 5) is 26.3. The maximum Gasteiger partial charge on any atom is 0.143 e. The molecule has 0 heterocycles. The smallest absolute Gasteiger partial charge is 0.143 e. The van der Waals surface area contributed by atoms with Crippen LogP contribution in [-0.2, 0) is 9.59 Å². The zero-order chi connectivity index (χ0) is 18.4. The molecule has 4 aliphatic carbocycles. The molecule has 0 saturated heterocycles. The van der Waals surface area contributed by atoms with Gasteiger partial charge in [0.15, 0.2) is 0 Å². The van der Waals surface area contributed by atoms with Gasteiger partial charge in [0, 0.05) is 34.3 Å². The minimum Gasteiger partial charge on any atom is -0.392 e. The highest BCUT2D eigenvalue weighted by molar-refractivity contribution is 8.00. The van der Waals surface area contributed by atoms with Crippen LogP contribution in [0, 0.1) is 29.6 Å². The lowest BCUT2D eigenvalue weighted by molar-refractivity contribution is -0.157. The highest BCUT2D eigenvalue weighted by Gasteiger charge is 2.57. The van der Waals surface area contributed by atoms with Crippen molar-refractivity contribution in [2.75, 3.05) is 0 Å². The van der Waals surface area contributed by atoms with Crippen LogP contribution in [0.25, 0.3) is 0 Å². The maximum atomic E-state index is 13.2. The van der Waals surface area contributed by atoms with E-state index in [1.165, 1.54) is 25.7 Å². The van der Waals surface area contributed by atoms with Crippen molar-refractivity contribution in [3.05, 3.63) is 0 Å². The first-order chi connectivity index (χ1) is 12.5. The lowest BCUT2D eigenvalue weighted by Crippen LogP contribution is -2.63. The van der Waals surface area contributed by atoms with E-state index in [0.717, 1.165) is 31.6 Å². The monoisotopic (exact) mass is 379 g/mol. The normalized spacial score (nSPS) is 49.4. The third-order valence-corrected chi connectivity index (χ3v) is 9.20. The first-order valence-electron chi connectivity index (χ1n) is 10.6. The molecule has 4 saturated carbocycles. The molecule has 0 radical (unpaired) electrons. The molecule has 0 aromatic carbocycles.